The van der Waals surface area contributed by atoms with Crippen molar-refractivity contribution >= 4 is 57.0 Å². The summed E-state index contributed by atoms with van der Waals surface area (Å²) < 4.78 is 33.6. The first-order valence-corrected chi connectivity index (χ1v) is 14.4. The predicted octanol–water partition coefficient (Wildman–Crippen LogP) is 0.827. The van der Waals surface area contributed by atoms with E-state index in [0.29, 0.717) is 18.5 Å². The number of piperidine rings is 1. The number of nitrogens with zero attached hydrogens (tertiary/aromatic N) is 1. The van der Waals surface area contributed by atoms with Gasteiger partial charge in [-0.15, -0.1) is 12.4 Å². The van der Waals surface area contributed by atoms with Crippen molar-refractivity contribution in [2.75, 3.05) is 19.6 Å². The molecule has 2 unspecified atom stereocenters. The van der Waals surface area contributed by atoms with Crippen LogP contribution in [0.25, 0.3) is 10.8 Å². The third kappa shape index (κ3) is 8.13. The van der Waals surface area contributed by atoms with Gasteiger partial charge < -0.3 is 26.4 Å². The highest BCUT2D eigenvalue weighted by Gasteiger charge is 2.37. The number of rotatable bonds is 10. The number of guanidine groups is 1. The predicted molar refractivity (Wildman–Crippen MR) is 151 cm³/mol. The maximum absolute atomic E-state index is 13.2. The fourth-order valence-electron chi connectivity index (χ4n) is 4.62. The van der Waals surface area contributed by atoms with E-state index in [9.17, 15) is 22.8 Å². The lowest BCUT2D eigenvalue weighted by molar-refractivity contribution is -0.162. The van der Waals surface area contributed by atoms with Crippen LogP contribution >= 0.6 is 12.4 Å². The van der Waals surface area contributed by atoms with Gasteiger partial charge in [-0.25, -0.2) is 18.0 Å². The van der Waals surface area contributed by atoms with E-state index in [0.717, 1.165) is 31.1 Å². The average molecular weight is 595 g/mol. The summed E-state index contributed by atoms with van der Waals surface area (Å²) >= 11 is 0. The molecule has 1 heterocycles. The lowest BCUT2D eigenvalue weighted by atomic mass is 9.98. The van der Waals surface area contributed by atoms with Crippen molar-refractivity contribution in [1.82, 2.24) is 14.9 Å². The van der Waals surface area contributed by atoms with E-state index >= 15 is 0 Å². The normalized spacial score (nSPS) is 18.7. The maximum Gasteiger partial charge on any atom is 0.332 e. The summed E-state index contributed by atoms with van der Waals surface area (Å²) in [6, 6.07) is 9.03. The lowest BCUT2D eigenvalue weighted by Gasteiger charge is -2.33. The number of amides is 1. The molecule has 2 fully saturated rings. The zero-order chi connectivity index (χ0) is 28.2. The van der Waals surface area contributed by atoms with Crippen LogP contribution in [0.1, 0.15) is 32.1 Å². The highest BCUT2D eigenvalue weighted by molar-refractivity contribution is 7.89. The van der Waals surface area contributed by atoms with E-state index in [-0.39, 0.29) is 41.6 Å². The fourth-order valence-corrected chi connectivity index (χ4v) is 5.83. The maximum atomic E-state index is 13.2. The smallest absolute Gasteiger partial charge is 0.332 e. The minimum Gasteiger partial charge on any atom is -0.391 e. The van der Waals surface area contributed by atoms with E-state index in [4.69, 9.17) is 21.6 Å². The van der Waals surface area contributed by atoms with Gasteiger partial charge in [0.25, 0.3) is 0 Å². The van der Waals surface area contributed by atoms with Crippen molar-refractivity contribution in [3.63, 3.8) is 0 Å². The Bertz CT molecular complexity index is 1370. The van der Waals surface area contributed by atoms with Crippen LogP contribution < -0.4 is 21.5 Å². The first-order valence-electron chi connectivity index (χ1n) is 12.9. The number of benzene rings is 2. The number of nitrogens with one attached hydrogen (secondary N) is 3. The van der Waals surface area contributed by atoms with Crippen LogP contribution in [0.5, 0.6) is 0 Å². The molecule has 4 rings (SSSR count). The number of esters is 2. The van der Waals surface area contributed by atoms with E-state index in [1.165, 1.54) is 12.1 Å². The van der Waals surface area contributed by atoms with E-state index in [1.54, 1.807) is 23.1 Å². The molecule has 2 aromatic rings. The third-order valence-electron chi connectivity index (χ3n) is 7.05. The van der Waals surface area contributed by atoms with Crippen molar-refractivity contribution in [3.8, 4) is 0 Å². The van der Waals surface area contributed by atoms with Crippen LogP contribution in [0, 0.1) is 17.2 Å². The van der Waals surface area contributed by atoms with Gasteiger partial charge in [0.2, 0.25) is 15.9 Å². The van der Waals surface area contributed by atoms with Crippen molar-refractivity contribution < 1.29 is 27.5 Å². The number of carbonyl (C=O) groups excluding carboxylic acids is 3. The minimum atomic E-state index is -4.27. The average Bonchev–Trinajstić information content (AvgIpc) is 3.76. The van der Waals surface area contributed by atoms with Gasteiger partial charge in [-0.1, -0.05) is 30.3 Å². The fraction of sp³-hybridized carbons (Fsp3) is 0.462. The first kappa shape index (κ1) is 31.3. The van der Waals surface area contributed by atoms with Gasteiger partial charge >= 0.3 is 11.9 Å². The molecular weight excluding hydrogens is 560 g/mol. The number of fused-ring (bicyclic) bond motifs is 1. The molecule has 1 aliphatic heterocycles. The molecule has 2 aliphatic rings. The largest absolute Gasteiger partial charge is 0.391 e. The monoisotopic (exact) mass is 594 g/mol. The lowest BCUT2D eigenvalue weighted by Crippen LogP contribution is -2.48. The second-order valence-corrected chi connectivity index (χ2v) is 11.8. The zero-order valence-corrected chi connectivity index (χ0v) is 23.5. The summed E-state index contributed by atoms with van der Waals surface area (Å²) in [5.41, 5.74) is 11.4. The summed E-state index contributed by atoms with van der Waals surface area (Å²) in [6.45, 7) is 1.43. The molecule has 0 radical (unpaired) electrons. The zero-order valence-electron chi connectivity index (χ0n) is 21.9. The van der Waals surface area contributed by atoms with E-state index in [1.807, 2.05) is 12.1 Å². The molecule has 2 aromatic carbocycles. The van der Waals surface area contributed by atoms with Gasteiger partial charge in [0, 0.05) is 19.6 Å². The van der Waals surface area contributed by atoms with Crippen LogP contribution in [0.15, 0.2) is 47.4 Å². The molecule has 7 N–H and O–H groups in total. The SMILES string of the molecule is Cl.N=C(N)N1CCCC(CNC(=O)C[C@@H](NS(=O)(=O)c2ccc3ccccc3c2)C(=O)OC(=O)C(N)C2CC2)C1. The Hall–Kier alpha value is -3.26. The number of nitrogens with two attached hydrogens (primary N) is 2. The molecule has 1 aliphatic carbocycles. The Balaban J connectivity index is 0.00000441. The molecule has 14 heteroatoms. The van der Waals surface area contributed by atoms with Crippen molar-refractivity contribution in [3.05, 3.63) is 42.5 Å². The van der Waals surface area contributed by atoms with Gasteiger partial charge in [-0.2, -0.15) is 4.72 Å². The molecule has 3 atom stereocenters. The summed E-state index contributed by atoms with van der Waals surface area (Å²) in [5.74, 6) is -2.83. The van der Waals surface area contributed by atoms with E-state index < -0.39 is 46.4 Å². The summed E-state index contributed by atoms with van der Waals surface area (Å²) in [7, 11) is -4.27. The van der Waals surface area contributed by atoms with Crippen LogP contribution in [0.2, 0.25) is 0 Å². The molecule has 40 heavy (non-hydrogen) atoms. The molecule has 0 aromatic heterocycles. The molecule has 12 nitrogen and oxygen atoms in total. The highest BCUT2D eigenvalue weighted by Crippen LogP contribution is 2.32. The summed E-state index contributed by atoms with van der Waals surface area (Å²) in [4.78, 5) is 39.7. The molecule has 0 spiro atoms. The van der Waals surface area contributed by atoms with Gasteiger partial charge in [-0.3, -0.25) is 10.2 Å². The Morgan fingerprint density at radius 1 is 1.07 bits per heavy atom. The molecular formula is C26H35ClN6O6S. The minimum absolute atomic E-state index is 0. The van der Waals surface area contributed by atoms with Crippen LogP contribution in [0.4, 0.5) is 0 Å². The molecule has 1 saturated heterocycles. The van der Waals surface area contributed by atoms with Crippen molar-refractivity contribution in [1.29, 1.82) is 5.41 Å². The molecule has 1 amide bonds. The second-order valence-electron chi connectivity index (χ2n) is 10.1. The Morgan fingerprint density at radius 2 is 1.77 bits per heavy atom. The summed E-state index contributed by atoms with van der Waals surface area (Å²) in [5, 5.41) is 11.8. The van der Waals surface area contributed by atoms with Crippen LogP contribution in [-0.2, 0) is 29.1 Å². The Labute approximate surface area is 239 Å². The topological polar surface area (TPSA) is 198 Å². The quantitative estimate of drug-likeness (QED) is 0.114. The van der Waals surface area contributed by atoms with Crippen LogP contribution in [-0.4, -0.2) is 68.8 Å². The van der Waals surface area contributed by atoms with Gasteiger partial charge in [-0.05, 0) is 60.4 Å². The van der Waals surface area contributed by atoms with Gasteiger partial charge in [0.05, 0.1) is 11.3 Å². The second kappa shape index (κ2) is 13.4. The number of sulfonamides is 1. The number of hydrogen-bond donors (Lipinski definition) is 5. The molecule has 218 valence electrons. The van der Waals surface area contributed by atoms with E-state index in [2.05, 4.69) is 10.0 Å². The number of carbonyl (C=O) groups is 3. The van der Waals surface area contributed by atoms with Crippen molar-refractivity contribution in [2.45, 2.75) is 49.1 Å². The number of ether oxygens (including phenoxy) is 1. The standard InChI is InChI=1S/C26H34N6O6S.ClH/c27-23(18-7-8-18)25(35)38-24(34)21(13-22(33)30-14-16-4-3-11-32(15-16)26(28)29)31-39(36,37)20-10-9-17-5-1-2-6-19(17)12-20;/h1-2,5-6,9-10,12,16,18,21,23,31H,3-4,7-8,11,13-15,27H2,(H3,28,29)(H,30,33);1H/t16?,21-,23?;/m1./s1. The van der Waals surface area contributed by atoms with Crippen LogP contribution in [0.3, 0.4) is 0 Å². The summed E-state index contributed by atoms with van der Waals surface area (Å²) in [6.07, 6.45) is 2.53. The Kier molecular flexibility index (Phi) is 10.5. The first-order chi connectivity index (χ1) is 18.5. The third-order valence-corrected chi connectivity index (χ3v) is 8.52. The van der Waals surface area contributed by atoms with Gasteiger partial charge in [0.15, 0.2) is 5.96 Å². The number of hydrogen-bond acceptors (Lipinski definition) is 8. The number of halogens is 1. The van der Waals surface area contributed by atoms with Gasteiger partial charge in [0.1, 0.15) is 12.1 Å². The van der Waals surface area contributed by atoms with Crippen molar-refractivity contribution in [2.24, 2.45) is 23.3 Å². The number of likely N-dealkylation sites (tertiary alicyclic amines) is 1. The molecule has 0 bridgehead atoms. The molecule has 1 saturated carbocycles. The highest BCUT2D eigenvalue weighted by atomic mass is 35.5. The Morgan fingerprint density at radius 3 is 2.45 bits per heavy atom.